The van der Waals surface area contributed by atoms with Crippen LogP contribution in [0.1, 0.15) is 0 Å². The van der Waals surface area contributed by atoms with Crippen molar-refractivity contribution in [1.29, 1.82) is 0 Å². The summed E-state index contributed by atoms with van der Waals surface area (Å²) in [5.74, 6) is 0.826. The molecular weight excluding hydrogens is 209 g/mol. The van der Waals surface area contributed by atoms with Crippen molar-refractivity contribution in [3.05, 3.63) is 23.2 Å². The molecule has 0 amide bonds. The maximum absolute atomic E-state index is 5.84. The van der Waals surface area contributed by atoms with Gasteiger partial charge in [-0.2, -0.15) is 5.10 Å². The molecule has 2 rings (SSSR count). The van der Waals surface area contributed by atoms with Gasteiger partial charge in [0.05, 0.1) is 5.52 Å². The maximum atomic E-state index is 5.84. The SMILES string of the molecule is CNc1n[nH]c2ccc(Cl)cc12.Cl. The highest BCUT2D eigenvalue weighted by molar-refractivity contribution is 6.31. The Morgan fingerprint density at radius 3 is 2.92 bits per heavy atom. The molecule has 13 heavy (non-hydrogen) atoms. The number of anilines is 1. The Bertz CT molecular complexity index is 411. The standard InChI is InChI=1S/C8H8ClN3.ClH/c1-10-8-6-4-5(9)2-3-7(6)11-12-8;/h2-4H,1H3,(H2,10,11,12);1H. The van der Waals surface area contributed by atoms with E-state index >= 15 is 0 Å². The van der Waals surface area contributed by atoms with Gasteiger partial charge in [0.2, 0.25) is 0 Å². The summed E-state index contributed by atoms with van der Waals surface area (Å²) in [6.45, 7) is 0. The summed E-state index contributed by atoms with van der Waals surface area (Å²) in [4.78, 5) is 0. The predicted octanol–water partition coefficient (Wildman–Crippen LogP) is 2.68. The second-order valence-electron chi connectivity index (χ2n) is 2.51. The molecule has 2 N–H and O–H groups in total. The molecular formula is C8H9Cl2N3. The van der Waals surface area contributed by atoms with Crippen molar-refractivity contribution in [2.75, 3.05) is 12.4 Å². The van der Waals surface area contributed by atoms with Crippen LogP contribution in [-0.4, -0.2) is 17.2 Å². The summed E-state index contributed by atoms with van der Waals surface area (Å²) < 4.78 is 0. The summed E-state index contributed by atoms with van der Waals surface area (Å²) in [6, 6.07) is 5.62. The molecule has 0 aliphatic rings. The van der Waals surface area contributed by atoms with Crippen molar-refractivity contribution in [2.45, 2.75) is 0 Å². The van der Waals surface area contributed by atoms with Crippen LogP contribution in [0.15, 0.2) is 18.2 Å². The molecule has 1 aromatic heterocycles. The topological polar surface area (TPSA) is 40.7 Å². The van der Waals surface area contributed by atoms with Gasteiger partial charge in [-0.25, -0.2) is 0 Å². The van der Waals surface area contributed by atoms with Crippen molar-refractivity contribution >= 4 is 40.7 Å². The number of rotatable bonds is 1. The first-order valence-electron chi connectivity index (χ1n) is 3.62. The Balaban J connectivity index is 0.000000845. The molecule has 0 radical (unpaired) electrons. The second kappa shape index (κ2) is 3.85. The number of fused-ring (bicyclic) bond motifs is 1. The number of aromatic amines is 1. The molecule has 3 nitrogen and oxygen atoms in total. The van der Waals surface area contributed by atoms with Crippen LogP contribution in [0, 0.1) is 0 Å². The first-order valence-corrected chi connectivity index (χ1v) is 4.00. The number of nitrogens with zero attached hydrogens (tertiary/aromatic N) is 1. The van der Waals surface area contributed by atoms with Crippen molar-refractivity contribution < 1.29 is 0 Å². The minimum absolute atomic E-state index is 0. The van der Waals surface area contributed by atoms with Gasteiger partial charge in [-0.05, 0) is 18.2 Å². The molecule has 0 spiro atoms. The van der Waals surface area contributed by atoms with E-state index in [1.807, 2.05) is 25.2 Å². The fourth-order valence-electron chi connectivity index (χ4n) is 1.18. The third-order valence-electron chi connectivity index (χ3n) is 1.76. The Kier molecular flexibility index (Phi) is 3.01. The molecule has 1 aromatic carbocycles. The summed E-state index contributed by atoms with van der Waals surface area (Å²) in [7, 11) is 1.83. The van der Waals surface area contributed by atoms with Gasteiger partial charge >= 0.3 is 0 Å². The minimum atomic E-state index is 0. The van der Waals surface area contributed by atoms with E-state index in [9.17, 15) is 0 Å². The van der Waals surface area contributed by atoms with Crippen LogP contribution in [0.25, 0.3) is 10.9 Å². The summed E-state index contributed by atoms with van der Waals surface area (Å²) in [5.41, 5.74) is 0.990. The zero-order valence-electron chi connectivity index (χ0n) is 6.97. The van der Waals surface area contributed by atoms with Gasteiger partial charge in [0, 0.05) is 17.5 Å². The Morgan fingerprint density at radius 2 is 2.23 bits per heavy atom. The first kappa shape index (κ1) is 10.2. The number of hydrogen-bond donors (Lipinski definition) is 2. The number of hydrogen-bond acceptors (Lipinski definition) is 2. The first-order chi connectivity index (χ1) is 5.81. The van der Waals surface area contributed by atoms with Crippen molar-refractivity contribution in [2.24, 2.45) is 0 Å². The van der Waals surface area contributed by atoms with Crippen LogP contribution in [0.3, 0.4) is 0 Å². The van der Waals surface area contributed by atoms with Crippen LogP contribution in [0.2, 0.25) is 5.02 Å². The lowest BCUT2D eigenvalue weighted by molar-refractivity contribution is 1.11. The Labute approximate surface area is 86.9 Å². The third kappa shape index (κ3) is 1.71. The maximum Gasteiger partial charge on any atom is 0.155 e. The number of aromatic nitrogens is 2. The summed E-state index contributed by atoms with van der Waals surface area (Å²) in [6.07, 6.45) is 0. The van der Waals surface area contributed by atoms with E-state index < -0.39 is 0 Å². The van der Waals surface area contributed by atoms with E-state index in [1.165, 1.54) is 0 Å². The molecule has 0 atom stereocenters. The zero-order chi connectivity index (χ0) is 8.55. The van der Waals surface area contributed by atoms with Crippen molar-refractivity contribution in [1.82, 2.24) is 10.2 Å². The molecule has 0 unspecified atom stereocenters. The average Bonchev–Trinajstić information content (AvgIpc) is 2.46. The largest absolute Gasteiger partial charge is 0.371 e. The molecule has 5 heteroatoms. The molecule has 0 bridgehead atoms. The number of halogens is 2. The third-order valence-corrected chi connectivity index (χ3v) is 2.00. The van der Waals surface area contributed by atoms with Gasteiger partial charge in [-0.1, -0.05) is 11.6 Å². The number of H-pyrrole nitrogens is 1. The summed E-state index contributed by atoms with van der Waals surface area (Å²) in [5, 5.41) is 11.7. The molecule has 0 saturated heterocycles. The van der Waals surface area contributed by atoms with E-state index in [0.29, 0.717) is 0 Å². The smallest absolute Gasteiger partial charge is 0.155 e. The Morgan fingerprint density at radius 1 is 1.46 bits per heavy atom. The molecule has 0 fully saturated rings. The second-order valence-corrected chi connectivity index (χ2v) is 2.95. The van der Waals surface area contributed by atoms with Crippen LogP contribution in [0.5, 0.6) is 0 Å². The molecule has 2 aromatic rings. The van der Waals surface area contributed by atoms with Gasteiger partial charge in [-0.3, -0.25) is 5.10 Å². The van der Waals surface area contributed by atoms with Gasteiger partial charge in [0.25, 0.3) is 0 Å². The van der Waals surface area contributed by atoms with Crippen molar-refractivity contribution in [3.8, 4) is 0 Å². The Hall–Kier alpha value is -0.930. The predicted molar refractivity (Wildman–Crippen MR) is 57.9 cm³/mol. The van der Waals surface area contributed by atoms with Crippen LogP contribution in [-0.2, 0) is 0 Å². The normalized spacial score (nSPS) is 9.69. The average molecular weight is 218 g/mol. The molecule has 1 heterocycles. The lowest BCUT2D eigenvalue weighted by Gasteiger charge is -1.93. The lowest BCUT2D eigenvalue weighted by Crippen LogP contribution is -1.87. The van der Waals surface area contributed by atoms with Crippen LogP contribution >= 0.6 is 24.0 Å². The quantitative estimate of drug-likeness (QED) is 0.772. The van der Waals surface area contributed by atoms with E-state index in [-0.39, 0.29) is 12.4 Å². The fraction of sp³-hybridized carbons (Fsp3) is 0.125. The van der Waals surface area contributed by atoms with E-state index in [1.54, 1.807) is 0 Å². The van der Waals surface area contributed by atoms with Gasteiger partial charge in [0.1, 0.15) is 0 Å². The van der Waals surface area contributed by atoms with Gasteiger partial charge in [-0.15, -0.1) is 12.4 Å². The highest BCUT2D eigenvalue weighted by atomic mass is 35.5. The number of nitrogens with one attached hydrogen (secondary N) is 2. The molecule has 0 saturated carbocycles. The number of benzene rings is 1. The van der Waals surface area contributed by atoms with E-state index in [4.69, 9.17) is 11.6 Å². The van der Waals surface area contributed by atoms with Crippen LogP contribution < -0.4 is 5.32 Å². The molecule has 0 aliphatic heterocycles. The van der Waals surface area contributed by atoms with E-state index in [0.717, 1.165) is 21.7 Å². The fourth-order valence-corrected chi connectivity index (χ4v) is 1.35. The van der Waals surface area contributed by atoms with Gasteiger partial charge in [0.15, 0.2) is 5.82 Å². The van der Waals surface area contributed by atoms with Gasteiger partial charge < -0.3 is 5.32 Å². The summed E-state index contributed by atoms with van der Waals surface area (Å²) >= 11 is 5.84. The molecule has 70 valence electrons. The molecule has 0 aliphatic carbocycles. The zero-order valence-corrected chi connectivity index (χ0v) is 8.54. The van der Waals surface area contributed by atoms with E-state index in [2.05, 4.69) is 15.5 Å². The highest BCUT2D eigenvalue weighted by Gasteiger charge is 2.02. The van der Waals surface area contributed by atoms with Crippen molar-refractivity contribution in [3.63, 3.8) is 0 Å². The minimum Gasteiger partial charge on any atom is -0.371 e. The highest BCUT2D eigenvalue weighted by Crippen LogP contribution is 2.23. The monoisotopic (exact) mass is 217 g/mol. The lowest BCUT2D eigenvalue weighted by atomic mass is 10.2. The van der Waals surface area contributed by atoms with Crippen LogP contribution in [0.4, 0.5) is 5.82 Å².